The molecular formula is C18H25N5O2. The Balaban J connectivity index is 1.32. The Bertz CT molecular complexity index is 705. The van der Waals surface area contributed by atoms with Crippen LogP contribution in [0.25, 0.3) is 0 Å². The minimum absolute atomic E-state index is 0.306. The topological polar surface area (TPSA) is 65.3 Å². The first-order valence-electron chi connectivity index (χ1n) is 9.02. The average Bonchev–Trinajstić information content (AvgIpc) is 3.25. The first kappa shape index (κ1) is 16.3. The van der Waals surface area contributed by atoms with E-state index in [9.17, 15) is 0 Å². The van der Waals surface area contributed by atoms with E-state index < -0.39 is 0 Å². The van der Waals surface area contributed by atoms with Gasteiger partial charge in [0.1, 0.15) is 6.33 Å². The number of hydrogen-bond acceptors (Lipinski definition) is 6. The molecule has 2 aromatic rings. The molecule has 2 aliphatic rings. The Hall–Kier alpha value is -2.15. The van der Waals surface area contributed by atoms with Gasteiger partial charge in [-0.25, -0.2) is 4.68 Å². The smallest absolute Gasteiger partial charge is 0.231 e. The molecule has 0 amide bonds. The van der Waals surface area contributed by atoms with Crippen molar-refractivity contribution in [3.8, 4) is 11.5 Å². The number of aryl methyl sites for hydroxylation is 1. The maximum Gasteiger partial charge on any atom is 0.231 e. The van der Waals surface area contributed by atoms with Gasteiger partial charge in [-0.3, -0.25) is 0 Å². The van der Waals surface area contributed by atoms with Crippen LogP contribution < -0.4 is 9.47 Å². The third kappa shape index (κ3) is 3.92. The van der Waals surface area contributed by atoms with Gasteiger partial charge >= 0.3 is 0 Å². The number of benzene rings is 1. The summed E-state index contributed by atoms with van der Waals surface area (Å²) in [5.74, 6) is 1.75. The van der Waals surface area contributed by atoms with Crippen LogP contribution in [-0.2, 0) is 13.0 Å². The van der Waals surface area contributed by atoms with Gasteiger partial charge in [0.15, 0.2) is 11.5 Å². The number of nitrogens with zero attached hydrogens (tertiary/aromatic N) is 5. The van der Waals surface area contributed by atoms with Crippen LogP contribution in [0.15, 0.2) is 24.5 Å². The molecule has 7 nitrogen and oxygen atoms in total. The van der Waals surface area contributed by atoms with Crippen molar-refractivity contribution in [3.05, 3.63) is 30.1 Å². The van der Waals surface area contributed by atoms with E-state index in [2.05, 4.69) is 39.5 Å². The molecule has 2 aliphatic heterocycles. The van der Waals surface area contributed by atoms with Crippen molar-refractivity contribution in [2.45, 2.75) is 39.2 Å². The highest BCUT2D eigenvalue weighted by Gasteiger charge is 2.31. The molecule has 1 aromatic carbocycles. The fourth-order valence-corrected chi connectivity index (χ4v) is 4.05. The molecule has 0 aliphatic carbocycles. The van der Waals surface area contributed by atoms with Crippen molar-refractivity contribution in [3.63, 3.8) is 0 Å². The van der Waals surface area contributed by atoms with Gasteiger partial charge in [-0.2, -0.15) is 0 Å². The zero-order valence-corrected chi connectivity index (χ0v) is 14.7. The molecule has 25 heavy (non-hydrogen) atoms. The minimum Gasteiger partial charge on any atom is -0.454 e. The van der Waals surface area contributed by atoms with E-state index in [1.807, 2.05) is 6.07 Å². The lowest BCUT2D eigenvalue weighted by Gasteiger charge is -2.41. The van der Waals surface area contributed by atoms with Crippen LogP contribution in [0, 0.1) is 5.41 Å². The van der Waals surface area contributed by atoms with E-state index in [0.717, 1.165) is 44.0 Å². The van der Waals surface area contributed by atoms with Crippen molar-refractivity contribution in [2.75, 3.05) is 26.4 Å². The molecule has 7 heteroatoms. The number of aromatic nitrogens is 4. The molecule has 1 atom stereocenters. The van der Waals surface area contributed by atoms with E-state index in [1.165, 1.54) is 24.9 Å². The number of fused-ring (bicyclic) bond motifs is 1. The Kier molecular flexibility index (Phi) is 4.57. The van der Waals surface area contributed by atoms with E-state index in [-0.39, 0.29) is 0 Å². The fourth-order valence-electron chi connectivity index (χ4n) is 4.05. The van der Waals surface area contributed by atoms with Gasteiger partial charge in [0, 0.05) is 13.1 Å². The Labute approximate surface area is 147 Å². The Morgan fingerprint density at radius 3 is 3.00 bits per heavy atom. The number of piperidine rings is 1. The van der Waals surface area contributed by atoms with Crippen LogP contribution >= 0.6 is 0 Å². The van der Waals surface area contributed by atoms with Gasteiger partial charge in [-0.1, -0.05) is 13.0 Å². The number of rotatable bonds is 6. The van der Waals surface area contributed by atoms with Crippen LogP contribution in [0.2, 0.25) is 0 Å². The average molecular weight is 343 g/mol. The van der Waals surface area contributed by atoms with Crippen LogP contribution in [0.5, 0.6) is 11.5 Å². The van der Waals surface area contributed by atoms with Gasteiger partial charge in [0.05, 0.1) is 0 Å². The summed E-state index contributed by atoms with van der Waals surface area (Å²) in [6.45, 7) is 7.04. The molecule has 1 saturated heterocycles. The second-order valence-electron chi connectivity index (χ2n) is 7.48. The molecule has 0 unspecified atom stereocenters. The Morgan fingerprint density at radius 2 is 2.12 bits per heavy atom. The number of likely N-dealkylation sites (tertiary alicyclic amines) is 1. The van der Waals surface area contributed by atoms with E-state index in [0.29, 0.717) is 12.2 Å². The van der Waals surface area contributed by atoms with Crippen molar-refractivity contribution in [2.24, 2.45) is 5.41 Å². The van der Waals surface area contributed by atoms with Crippen LogP contribution in [0.4, 0.5) is 0 Å². The maximum absolute atomic E-state index is 5.52. The fraction of sp³-hybridized carbons (Fsp3) is 0.611. The summed E-state index contributed by atoms with van der Waals surface area (Å²) in [6.07, 6.45) is 6.36. The molecule has 0 spiro atoms. The summed E-state index contributed by atoms with van der Waals surface area (Å²) in [6, 6.07) is 6.35. The summed E-state index contributed by atoms with van der Waals surface area (Å²) in [5.41, 5.74) is 1.64. The van der Waals surface area contributed by atoms with Gasteiger partial charge in [-0.15, -0.1) is 5.10 Å². The third-order valence-electron chi connectivity index (χ3n) is 5.18. The zero-order valence-electron chi connectivity index (χ0n) is 14.7. The summed E-state index contributed by atoms with van der Waals surface area (Å²) in [4.78, 5) is 2.58. The van der Waals surface area contributed by atoms with Crippen molar-refractivity contribution < 1.29 is 9.47 Å². The lowest BCUT2D eigenvalue weighted by atomic mass is 9.77. The second kappa shape index (κ2) is 7.00. The highest BCUT2D eigenvalue weighted by Crippen LogP contribution is 2.37. The molecule has 0 N–H and O–H groups in total. The SMILES string of the molecule is C[C@]1(Cc2ccc3c(c2)OCO3)CCCN(CCCn2cnnn2)C1. The monoisotopic (exact) mass is 343 g/mol. The summed E-state index contributed by atoms with van der Waals surface area (Å²) in [5, 5.41) is 11.3. The largest absolute Gasteiger partial charge is 0.454 e. The van der Waals surface area contributed by atoms with Crippen LogP contribution in [0.1, 0.15) is 31.7 Å². The standard InChI is InChI=1S/C18H25N5O2/c1-18(11-15-4-5-16-17(10-15)25-14-24-16)6-2-7-22(12-18)8-3-9-23-13-19-20-21-23/h4-5,10,13H,2-3,6-9,11-12,14H2,1H3/t18-/m1/s1. The lowest BCUT2D eigenvalue weighted by molar-refractivity contribution is 0.100. The first-order chi connectivity index (χ1) is 12.2. The first-order valence-corrected chi connectivity index (χ1v) is 9.02. The van der Waals surface area contributed by atoms with Crippen molar-refractivity contribution >= 4 is 0 Å². The van der Waals surface area contributed by atoms with Gasteiger partial charge in [-0.05, 0) is 72.3 Å². The highest BCUT2D eigenvalue weighted by molar-refractivity contribution is 5.44. The number of ether oxygens (including phenoxy) is 2. The molecular weight excluding hydrogens is 318 g/mol. The summed E-state index contributed by atoms with van der Waals surface area (Å²) < 4.78 is 12.7. The molecule has 1 fully saturated rings. The summed E-state index contributed by atoms with van der Waals surface area (Å²) >= 11 is 0. The second-order valence-corrected chi connectivity index (χ2v) is 7.48. The molecule has 0 saturated carbocycles. The normalized spacial score (nSPS) is 23.1. The molecule has 0 radical (unpaired) electrons. The number of hydrogen-bond donors (Lipinski definition) is 0. The third-order valence-corrected chi connectivity index (χ3v) is 5.18. The molecule has 3 heterocycles. The minimum atomic E-state index is 0.306. The van der Waals surface area contributed by atoms with E-state index in [4.69, 9.17) is 9.47 Å². The molecule has 134 valence electrons. The highest BCUT2D eigenvalue weighted by atomic mass is 16.7. The maximum atomic E-state index is 5.52. The van der Waals surface area contributed by atoms with Crippen molar-refractivity contribution in [1.82, 2.24) is 25.1 Å². The lowest BCUT2D eigenvalue weighted by Crippen LogP contribution is -2.43. The summed E-state index contributed by atoms with van der Waals surface area (Å²) in [7, 11) is 0. The van der Waals surface area contributed by atoms with Crippen LogP contribution in [0.3, 0.4) is 0 Å². The van der Waals surface area contributed by atoms with E-state index >= 15 is 0 Å². The van der Waals surface area contributed by atoms with Crippen LogP contribution in [-0.4, -0.2) is 51.5 Å². The molecule has 1 aromatic heterocycles. The number of tetrazole rings is 1. The van der Waals surface area contributed by atoms with Gasteiger partial charge in [0.25, 0.3) is 0 Å². The quantitative estimate of drug-likeness (QED) is 0.801. The Morgan fingerprint density at radius 1 is 1.20 bits per heavy atom. The van der Waals surface area contributed by atoms with Crippen molar-refractivity contribution in [1.29, 1.82) is 0 Å². The van der Waals surface area contributed by atoms with Gasteiger partial charge in [0.2, 0.25) is 6.79 Å². The molecule has 4 rings (SSSR count). The van der Waals surface area contributed by atoms with E-state index in [1.54, 1.807) is 11.0 Å². The predicted molar refractivity (Wildman–Crippen MR) is 92.5 cm³/mol. The molecule has 0 bridgehead atoms. The predicted octanol–water partition coefficient (Wildman–Crippen LogP) is 2.14. The van der Waals surface area contributed by atoms with Gasteiger partial charge < -0.3 is 14.4 Å². The zero-order chi connectivity index (χ0) is 17.1.